The number of para-hydroxylation sites is 1. The van der Waals surface area contributed by atoms with E-state index < -0.39 is 0 Å². The number of aromatic nitrogens is 1. The van der Waals surface area contributed by atoms with Gasteiger partial charge in [0.05, 0.1) is 0 Å². The molecule has 1 saturated heterocycles. The molecule has 0 radical (unpaired) electrons. The first-order valence-corrected chi connectivity index (χ1v) is 7.95. The fraction of sp³-hybridized carbons (Fsp3) is 0.474. The average molecular weight is 301 g/mol. The Kier molecular flexibility index (Phi) is 8.56. The van der Waals surface area contributed by atoms with Crippen molar-refractivity contribution in [1.29, 1.82) is 0 Å². The highest BCUT2D eigenvalue weighted by Crippen LogP contribution is 2.19. The third-order valence-electron chi connectivity index (χ3n) is 3.74. The second kappa shape index (κ2) is 10.2. The lowest BCUT2D eigenvalue weighted by Crippen LogP contribution is -2.49. The summed E-state index contributed by atoms with van der Waals surface area (Å²) in [5, 5.41) is 8.32. The first-order valence-electron chi connectivity index (χ1n) is 7.95. The van der Waals surface area contributed by atoms with E-state index >= 15 is 0 Å². The van der Waals surface area contributed by atoms with E-state index in [0.717, 1.165) is 32.5 Å². The molecule has 0 amide bonds. The van der Waals surface area contributed by atoms with E-state index in [2.05, 4.69) is 65.2 Å². The summed E-state index contributed by atoms with van der Waals surface area (Å²) in [6.45, 7) is 7.39. The highest BCUT2D eigenvalue weighted by molar-refractivity contribution is 5.83. The van der Waals surface area contributed by atoms with Gasteiger partial charge in [0.15, 0.2) is 0 Å². The van der Waals surface area contributed by atoms with E-state index in [9.17, 15) is 0 Å². The quantitative estimate of drug-likeness (QED) is 0.753. The standard InChI is InChI=1S/C13H17N3.C5H10.CH4/c1-2-4-13-12(3-1)10(8-16-13)7-11-9-14-5-6-15-11;1-3-5-4-2;/h1-4,8,11,14-16H,5-7,9H2;3,5H,4H2,1-2H3;1H4/b;5-3-;. The first-order chi connectivity index (χ1) is 10.3. The van der Waals surface area contributed by atoms with Gasteiger partial charge in [-0.3, -0.25) is 0 Å². The lowest BCUT2D eigenvalue weighted by atomic mass is 10.0. The van der Waals surface area contributed by atoms with Gasteiger partial charge in [0.25, 0.3) is 0 Å². The van der Waals surface area contributed by atoms with Crippen LogP contribution in [0, 0.1) is 0 Å². The van der Waals surface area contributed by atoms with Crippen molar-refractivity contribution in [2.75, 3.05) is 19.6 Å². The van der Waals surface area contributed by atoms with Gasteiger partial charge >= 0.3 is 0 Å². The summed E-state index contributed by atoms with van der Waals surface area (Å²) in [6, 6.07) is 9.06. The maximum atomic E-state index is 3.55. The van der Waals surface area contributed by atoms with Crippen LogP contribution in [0.1, 0.15) is 33.3 Å². The Morgan fingerprint density at radius 3 is 2.68 bits per heavy atom. The van der Waals surface area contributed by atoms with E-state index in [-0.39, 0.29) is 7.43 Å². The number of benzene rings is 1. The van der Waals surface area contributed by atoms with E-state index in [1.807, 2.05) is 6.92 Å². The number of allylic oxidation sites excluding steroid dienone is 2. The van der Waals surface area contributed by atoms with E-state index in [0.29, 0.717) is 6.04 Å². The van der Waals surface area contributed by atoms with Crippen LogP contribution in [0.5, 0.6) is 0 Å². The van der Waals surface area contributed by atoms with Crippen LogP contribution in [0.25, 0.3) is 10.9 Å². The molecule has 1 aromatic heterocycles. The van der Waals surface area contributed by atoms with Crippen molar-refractivity contribution in [3.05, 3.63) is 48.2 Å². The average Bonchev–Trinajstić information content (AvgIpc) is 2.93. The number of H-pyrrole nitrogens is 1. The fourth-order valence-electron chi connectivity index (χ4n) is 2.66. The highest BCUT2D eigenvalue weighted by atomic mass is 15.0. The Hall–Kier alpha value is -1.58. The molecule has 2 heterocycles. The molecular formula is C19H31N3. The number of hydrogen-bond donors (Lipinski definition) is 3. The molecule has 0 aliphatic carbocycles. The van der Waals surface area contributed by atoms with Crippen molar-refractivity contribution in [2.24, 2.45) is 0 Å². The second-order valence-electron chi connectivity index (χ2n) is 5.40. The van der Waals surface area contributed by atoms with E-state index in [4.69, 9.17) is 0 Å². The number of nitrogens with one attached hydrogen (secondary N) is 3. The molecule has 1 fully saturated rings. The lowest BCUT2D eigenvalue weighted by Gasteiger charge is -2.24. The molecule has 1 aliphatic rings. The molecule has 2 aromatic rings. The van der Waals surface area contributed by atoms with Crippen LogP contribution in [-0.4, -0.2) is 30.7 Å². The SMILES string of the molecule is C.C/C=C\CC.c1ccc2c(CC3CNCCN3)c[nH]c2c1. The number of hydrogen-bond acceptors (Lipinski definition) is 2. The van der Waals surface area contributed by atoms with Gasteiger partial charge in [-0.25, -0.2) is 0 Å². The van der Waals surface area contributed by atoms with Gasteiger partial charge < -0.3 is 15.6 Å². The first kappa shape index (κ1) is 18.5. The molecule has 0 saturated carbocycles. The molecule has 1 atom stereocenters. The zero-order valence-electron chi connectivity index (χ0n) is 13.2. The number of piperazine rings is 1. The van der Waals surface area contributed by atoms with Gasteiger partial charge in [-0.1, -0.05) is 44.7 Å². The number of fused-ring (bicyclic) bond motifs is 1. The van der Waals surface area contributed by atoms with Gasteiger partial charge in [0, 0.05) is 42.8 Å². The van der Waals surface area contributed by atoms with Gasteiger partial charge in [-0.05, 0) is 31.4 Å². The minimum atomic E-state index is 0. The summed E-state index contributed by atoms with van der Waals surface area (Å²) in [4.78, 5) is 3.33. The molecular weight excluding hydrogens is 270 g/mol. The third-order valence-corrected chi connectivity index (χ3v) is 3.74. The normalized spacial score (nSPS) is 17.8. The van der Waals surface area contributed by atoms with Crippen molar-refractivity contribution in [2.45, 2.75) is 40.2 Å². The van der Waals surface area contributed by atoms with Crippen molar-refractivity contribution < 1.29 is 0 Å². The second-order valence-corrected chi connectivity index (χ2v) is 5.40. The van der Waals surface area contributed by atoms with Gasteiger partial charge in [0.1, 0.15) is 0 Å². The van der Waals surface area contributed by atoms with Crippen molar-refractivity contribution in [3.8, 4) is 0 Å². The third kappa shape index (κ3) is 5.32. The molecule has 1 aliphatic heterocycles. The summed E-state index contributed by atoms with van der Waals surface area (Å²) < 4.78 is 0. The maximum absolute atomic E-state index is 3.55. The Labute approximate surface area is 135 Å². The monoisotopic (exact) mass is 301 g/mol. The lowest BCUT2D eigenvalue weighted by molar-refractivity contribution is 0.417. The Bertz CT molecular complexity index is 551. The summed E-state index contributed by atoms with van der Waals surface area (Å²) in [5.74, 6) is 0. The van der Waals surface area contributed by atoms with Crippen LogP contribution in [0.3, 0.4) is 0 Å². The van der Waals surface area contributed by atoms with Crippen LogP contribution in [0.4, 0.5) is 0 Å². The molecule has 122 valence electrons. The van der Waals surface area contributed by atoms with Crippen LogP contribution >= 0.6 is 0 Å². The van der Waals surface area contributed by atoms with Gasteiger partial charge in [0.2, 0.25) is 0 Å². The van der Waals surface area contributed by atoms with Crippen molar-refractivity contribution in [3.63, 3.8) is 0 Å². The topological polar surface area (TPSA) is 39.8 Å². The van der Waals surface area contributed by atoms with Gasteiger partial charge in [-0.2, -0.15) is 0 Å². The largest absolute Gasteiger partial charge is 0.361 e. The van der Waals surface area contributed by atoms with Crippen LogP contribution in [-0.2, 0) is 6.42 Å². The van der Waals surface area contributed by atoms with Crippen molar-refractivity contribution in [1.82, 2.24) is 15.6 Å². The molecule has 3 nitrogen and oxygen atoms in total. The predicted molar refractivity (Wildman–Crippen MR) is 98.5 cm³/mol. The molecule has 1 aromatic carbocycles. The van der Waals surface area contributed by atoms with E-state index in [1.54, 1.807) is 0 Å². The summed E-state index contributed by atoms with van der Waals surface area (Å²) in [7, 11) is 0. The van der Waals surface area contributed by atoms with Crippen LogP contribution < -0.4 is 10.6 Å². The predicted octanol–water partition coefficient (Wildman–Crippen LogP) is 3.88. The summed E-state index contributed by atoms with van der Waals surface area (Å²) >= 11 is 0. The zero-order chi connectivity index (χ0) is 14.9. The summed E-state index contributed by atoms with van der Waals surface area (Å²) in [5.41, 5.74) is 2.65. The van der Waals surface area contributed by atoms with Crippen LogP contribution in [0.2, 0.25) is 0 Å². The molecule has 3 N–H and O–H groups in total. The van der Waals surface area contributed by atoms with Crippen molar-refractivity contribution >= 4 is 10.9 Å². The number of aromatic amines is 1. The fourth-order valence-corrected chi connectivity index (χ4v) is 2.66. The van der Waals surface area contributed by atoms with Crippen LogP contribution in [0.15, 0.2) is 42.6 Å². The molecule has 0 bridgehead atoms. The Morgan fingerprint density at radius 2 is 2.05 bits per heavy atom. The molecule has 0 spiro atoms. The smallest absolute Gasteiger partial charge is 0.0456 e. The molecule has 3 heteroatoms. The Balaban J connectivity index is 0.000000356. The molecule has 1 unspecified atom stereocenters. The van der Waals surface area contributed by atoms with Gasteiger partial charge in [-0.15, -0.1) is 0 Å². The zero-order valence-corrected chi connectivity index (χ0v) is 13.2. The minimum absolute atomic E-state index is 0. The molecule has 3 rings (SSSR count). The highest BCUT2D eigenvalue weighted by Gasteiger charge is 2.14. The Morgan fingerprint density at radius 1 is 1.23 bits per heavy atom. The maximum Gasteiger partial charge on any atom is 0.0456 e. The summed E-state index contributed by atoms with van der Waals surface area (Å²) in [6.07, 6.45) is 8.58. The minimum Gasteiger partial charge on any atom is -0.361 e. The molecule has 22 heavy (non-hydrogen) atoms. The van der Waals surface area contributed by atoms with E-state index in [1.165, 1.54) is 16.5 Å². The number of rotatable bonds is 3.